The number of nitro groups is 1. The highest BCUT2D eigenvalue weighted by molar-refractivity contribution is 7.99. The second-order valence-corrected chi connectivity index (χ2v) is 7.94. The van der Waals surface area contributed by atoms with Gasteiger partial charge in [-0.1, -0.05) is 6.07 Å². The van der Waals surface area contributed by atoms with Crippen molar-refractivity contribution in [2.75, 3.05) is 12.3 Å². The van der Waals surface area contributed by atoms with Crippen molar-refractivity contribution >= 4 is 34.7 Å². The average molecular weight is 348 g/mol. The molecule has 120 valence electrons. The number of rotatable bonds is 3. The molecule has 2 aromatic rings. The van der Waals surface area contributed by atoms with Gasteiger partial charge in [-0.3, -0.25) is 14.9 Å². The van der Waals surface area contributed by atoms with Gasteiger partial charge in [0.2, 0.25) is 0 Å². The smallest absolute Gasteiger partial charge is 0.273 e. The molecule has 0 N–H and O–H groups in total. The number of aryl methyl sites for hydroxylation is 2. The van der Waals surface area contributed by atoms with Crippen LogP contribution in [0.25, 0.3) is 0 Å². The van der Waals surface area contributed by atoms with E-state index in [4.69, 9.17) is 0 Å². The second kappa shape index (κ2) is 6.33. The van der Waals surface area contributed by atoms with Crippen molar-refractivity contribution in [3.05, 3.63) is 61.3 Å². The van der Waals surface area contributed by atoms with E-state index in [9.17, 15) is 14.9 Å². The molecule has 1 aliphatic heterocycles. The lowest BCUT2D eigenvalue weighted by Gasteiger charge is -2.23. The van der Waals surface area contributed by atoms with E-state index < -0.39 is 4.92 Å². The number of thiophene rings is 1. The maximum atomic E-state index is 12.8. The van der Waals surface area contributed by atoms with Crippen LogP contribution in [-0.2, 0) is 0 Å². The molecule has 1 atom stereocenters. The fourth-order valence-corrected chi connectivity index (χ4v) is 4.97. The first-order valence-electron chi connectivity index (χ1n) is 7.21. The van der Waals surface area contributed by atoms with Crippen LogP contribution in [0.4, 0.5) is 5.69 Å². The molecular formula is C16H16N2O3S2. The number of nitro benzene ring substituents is 1. The third-order valence-electron chi connectivity index (χ3n) is 3.81. The van der Waals surface area contributed by atoms with Crippen LogP contribution in [0.1, 0.15) is 31.0 Å². The molecule has 0 radical (unpaired) electrons. The minimum Gasteiger partial charge on any atom is -0.321 e. The first-order chi connectivity index (χ1) is 11.0. The number of thioether (sulfide) groups is 1. The van der Waals surface area contributed by atoms with Gasteiger partial charge in [0.05, 0.1) is 4.92 Å². The molecule has 0 spiro atoms. The molecule has 1 aromatic heterocycles. The van der Waals surface area contributed by atoms with Gasteiger partial charge in [-0.05, 0) is 32.0 Å². The largest absolute Gasteiger partial charge is 0.321 e. The van der Waals surface area contributed by atoms with E-state index in [-0.39, 0.29) is 17.0 Å². The minimum absolute atomic E-state index is 0.00144. The Balaban J connectivity index is 1.90. The number of carbonyl (C=O) groups is 1. The van der Waals surface area contributed by atoms with Crippen molar-refractivity contribution in [3.63, 3.8) is 0 Å². The van der Waals surface area contributed by atoms with Gasteiger partial charge in [0.25, 0.3) is 11.6 Å². The SMILES string of the molecule is Cc1ccc([C@@H]2SCCN2C(=O)c2ccc(C)c([N+](=O)[O-])c2)s1. The van der Waals surface area contributed by atoms with Crippen LogP contribution in [0.3, 0.4) is 0 Å². The normalized spacial score (nSPS) is 17.5. The molecule has 0 unspecified atom stereocenters. The third kappa shape index (κ3) is 3.11. The summed E-state index contributed by atoms with van der Waals surface area (Å²) in [6, 6.07) is 8.81. The van der Waals surface area contributed by atoms with Crippen molar-refractivity contribution in [1.82, 2.24) is 4.90 Å². The molecule has 1 amide bonds. The summed E-state index contributed by atoms with van der Waals surface area (Å²) in [7, 11) is 0. The zero-order valence-electron chi connectivity index (χ0n) is 12.8. The Bertz CT molecular complexity index is 772. The van der Waals surface area contributed by atoms with Crippen LogP contribution in [0.15, 0.2) is 30.3 Å². The van der Waals surface area contributed by atoms with Gasteiger partial charge >= 0.3 is 0 Å². The molecule has 2 heterocycles. The van der Waals surface area contributed by atoms with Gasteiger partial charge in [-0.25, -0.2) is 0 Å². The fourth-order valence-electron chi connectivity index (χ4n) is 2.60. The van der Waals surface area contributed by atoms with E-state index in [1.54, 1.807) is 42.2 Å². The molecule has 0 bridgehead atoms. The van der Waals surface area contributed by atoms with Crippen LogP contribution in [0.5, 0.6) is 0 Å². The molecular weight excluding hydrogens is 332 g/mol. The van der Waals surface area contributed by atoms with Crippen LogP contribution in [0.2, 0.25) is 0 Å². The predicted molar refractivity (Wildman–Crippen MR) is 93.1 cm³/mol. The van der Waals surface area contributed by atoms with Gasteiger partial charge in [0, 0.05) is 39.2 Å². The molecule has 1 aromatic carbocycles. The maximum Gasteiger partial charge on any atom is 0.273 e. The highest BCUT2D eigenvalue weighted by Gasteiger charge is 2.32. The number of carbonyl (C=O) groups excluding carboxylic acids is 1. The van der Waals surface area contributed by atoms with E-state index in [0.29, 0.717) is 17.7 Å². The van der Waals surface area contributed by atoms with E-state index in [2.05, 4.69) is 12.1 Å². The van der Waals surface area contributed by atoms with Crippen molar-refractivity contribution < 1.29 is 9.72 Å². The Morgan fingerprint density at radius 1 is 1.30 bits per heavy atom. The third-order valence-corrected chi connectivity index (χ3v) is 6.25. The van der Waals surface area contributed by atoms with Crippen LogP contribution in [0, 0.1) is 24.0 Å². The molecule has 3 rings (SSSR count). The number of hydrogen-bond donors (Lipinski definition) is 0. The lowest BCUT2D eigenvalue weighted by molar-refractivity contribution is -0.385. The summed E-state index contributed by atoms with van der Waals surface area (Å²) in [6.45, 7) is 4.38. The Kier molecular flexibility index (Phi) is 4.41. The monoisotopic (exact) mass is 348 g/mol. The Hall–Kier alpha value is -1.86. The topological polar surface area (TPSA) is 63.5 Å². The Labute approximate surface area is 142 Å². The fraction of sp³-hybridized carbons (Fsp3) is 0.312. The first kappa shape index (κ1) is 16.0. The molecule has 5 nitrogen and oxygen atoms in total. The van der Waals surface area contributed by atoms with Crippen molar-refractivity contribution in [1.29, 1.82) is 0 Å². The summed E-state index contributed by atoms with van der Waals surface area (Å²) in [5, 5.41) is 11.1. The van der Waals surface area contributed by atoms with Crippen LogP contribution in [-0.4, -0.2) is 28.0 Å². The quantitative estimate of drug-likeness (QED) is 0.617. The summed E-state index contributed by atoms with van der Waals surface area (Å²) in [5.74, 6) is 0.732. The molecule has 0 saturated carbocycles. The van der Waals surface area contributed by atoms with Gasteiger partial charge in [-0.2, -0.15) is 0 Å². The number of amides is 1. The number of nitrogens with zero attached hydrogens (tertiary/aromatic N) is 2. The number of benzene rings is 1. The first-order valence-corrected chi connectivity index (χ1v) is 9.08. The summed E-state index contributed by atoms with van der Waals surface area (Å²) in [6.07, 6.45) is 0. The van der Waals surface area contributed by atoms with Crippen molar-refractivity contribution in [2.45, 2.75) is 19.2 Å². The zero-order chi connectivity index (χ0) is 16.6. The van der Waals surface area contributed by atoms with E-state index in [1.165, 1.54) is 10.9 Å². The zero-order valence-corrected chi connectivity index (χ0v) is 14.4. The highest BCUT2D eigenvalue weighted by atomic mass is 32.2. The molecule has 0 aliphatic carbocycles. The van der Waals surface area contributed by atoms with E-state index >= 15 is 0 Å². The molecule has 1 fully saturated rings. The molecule has 23 heavy (non-hydrogen) atoms. The van der Waals surface area contributed by atoms with Crippen molar-refractivity contribution in [2.24, 2.45) is 0 Å². The minimum atomic E-state index is -0.440. The highest BCUT2D eigenvalue weighted by Crippen LogP contribution is 2.41. The van der Waals surface area contributed by atoms with Gasteiger partial charge in [0.15, 0.2) is 0 Å². The van der Waals surface area contributed by atoms with E-state index in [1.807, 2.05) is 11.8 Å². The molecule has 1 saturated heterocycles. The summed E-state index contributed by atoms with van der Waals surface area (Å²) < 4.78 is 0. The molecule has 7 heteroatoms. The lowest BCUT2D eigenvalue weighted by atomic mass is 10.1. The maximum absolute atomic E-state index is 12.8. The van der Waals surface area contributed by atoms with Crippen LogP contribution >= 0.6 is 23.1 Å². The second-order valence-electron chi connectivity index (χ2n) is 5.43. The van der Waals surface area contributed by atoms with Gasteiger partial charge < -0.3 is 4.90 Å². The lowest BCUT2D eigenvalue weighted by Crippen LogP contribution is -2.30. The summed E-state index contributed by atoms with van der Waals surface area (Å²) in [4.78, 5) is 27.6. The molecule has 1 aliphatic rings. The summed E-state index contributed by atoms with van der Waals surface area (Å²) in [5.41, 5.74) is 0.932. The van der Waals surface area contributed by atoms with Crippen molar-refractivity contribution in [3.8, 4) is 0 Å². The van der Waals surface area contributed by atoms with Gasteiger partial charge in [0.1, 0.15) is 5.37 Å². The Morgan fingerprint density at radius 3 is 2.74 bits per heavy atom. The Morgan fingerprint density at radius 2 is 2.09 bits per heavy atom. The number of hydrogen-bond acceptors (Lipinski definition) is 5. The summed E-state index contributed by atoms with van der Waals surface area (Å²) >= 11 is 3.42. The van der Waals surface area contributed by atoms with Crippen LogP contribution < -0.4 is 0 Å². The standard InChI is InChI=1S/C16H16N2O3S2/c1-10-3-5-12(9-13(10)18(20)21)15(19)17-7-8-22-16(17)14-6-4-11(2)23-14/h3-6,9,16H,7-8H2,1-2H3/t16-/m0/s1. The van der Waals surface area contributed by atoms with E-state index in [0.717, 1.165) is 10.6 Å². The average Bonchev–Trinajstić information content (AvgIpc) is 3.15. The predicted octanol–water partition coefficient (Wildman–Crippen LogP) is 4.16. The van der Waals surface area contributed by atoms with Gasteiger partial charge in [-0.15, -0.1) is 23.1 Å².